The highest BCUT2D eigenvalue weighted by atomic mass is 16.2. The van der Waals surface area contributed by atoms with Crippen molar-refractivity contribution in [2.24, 2.45) is 14.1 Å². The van der Waals surface area contributed by atoms with Gasteiger partial charge < -0.3 is 5.32 Å². The molecule has 0 aliphatic heterocycles. The maximum atomic E-state index is 12.7. The highest BCUT2D eigenvalue weighted by Crippen LogP contribution is 2.23. The predicted octanol–water partition coefficient (Wildman–Crippen LogP) is 2.18. The first-order valence-corrected chi connectivity index (χ1v) is 8.58. The van der Waals surface area contributed by atoms with Gasteiger partial charge >= 0.3 is 5.69 Å². The van der Waals surface area contributed by atoms with Gasteiger partial charge in [0.1, 0.15) is 5.39 Å². The molecule has 0 atom stereocenters. The molecule has 0 aliphatic carbocycles. The van der Waals surface area contributed by atoms with Crippen LogP contribution in [0.5, 0.6) is 0 Å². The van der Waals surface area contributed by atoms with E-state index in [0.29, 0.717) is 11.3 Å². The van der Waals surface area contributed by atoms with Gasteiger partial charge in [0, 0.05) is 25.9 Å². The molecule has 7 heteroatoms. The molecule has 2 aromatic heterocycles. The van der Waals surface area contributed by atoms with Gasteiger partial charge in [-0.05, 0) is 29.2 Å². The monoisotopic (exact) mass is 366 g/mol. The first-order chi connectivity index (χ1) is 12.6. The van der Waals surface area contributed by atoms with E-state index in [1.807, 2.05) is 12.1 Å². The summed E-state index contributed by atoms with van der Waals surface area (Å²) in [6, 6.07) is 8.90. The summed E-state index contributed by atoms with van der Waals surface area (Å²) >= 11 is 0. The Morgan fingerprint density at radius 3 is 2.22 bits per heavy atom. The van der Waals surface area contributed by atoms with E-state index in [-0.39, 0.29) is 22.4 Å². The third-order valence-corrected chi connectivity index (χ3v) is 4.60. The molecule has 0 radical (unpaired) electrons. The Morgan fingerprint density at radius 1 is 1.00 bits per heavy atom. The van der Waals surface area contributed by atoms with Crippen LogP contribution in [0.15, 0.2) is 46.1 Å². The van der Waals surface area contributed by atoms with E-state index >= 15 is 0 Å². The minimum absolute atomic E-state index is 0.00664. The molecule has 1 N–H and O–H groups in total. The van der Waals surface area contributed by atoms with Crippen molar-refractivity contribution >= 4 is 22.6 Å². The number of aromatic nitrogens is 3. The molecular formula is C20H22N4O3. The van der Waals surface area contributed by atoms with Gasteiger partial charge in [-0.2, -0.15) is 0 Å². The van der Waals surface area contributed by atoms with E-state index in [2.05, 4.69) is 31.1 Å². The van der Waals surface area contributed by atoms with Crippen LogP contribution in [0, 0.1) is 0 Å². The first kappa shape index (κ1) is 18.6. The molecule has 0 aliphatic rings. The van der Waals surface area contributed by atoms with Crippen LogP contribution in [0.25, 0.3) is 11.0 Å². The lowest BCUT2D eigenvalue weighted by Crippen LogP contribution is -2.37. The average Bonchev–Trinajstić information content (AvgIpc) is 2.63. The standard InChI is InChI=1S/C20H22N4O3/c1-20(2,3)13-8-6-12(7-9-13)17(25)22-14-10-11-21-16-15(14)18(26)24(5)19(27)23(16)4/h6-11H,1-5H3,(H,21,22,25). The predicted molar refractivity (Wildman–Crippen MR) is 105 cm³/mol. The van der Waals surface area contributed by atoms with Gasteiger partial charge in [0.2, 0.25) is 0 Å². The van der Waals surface area contributed by atoms with Crippen LogP contribution < -0.4 is 16.6 Å². The van der Waals surface area contributed by atoms with E-state index in [9.17, 15) is 14.4 Å². The average molecular weight is 366 g/mol. The molecule has 0 unspecified atom stereocenters. The van der Waals surface area contributed by atoms with Crippen molar-refractivity contribution in [2.45, 2.75) is 26.2 Å². The highest BCUT2D eigenvalue weighted by Gasteiger charge is 2.17. The van der Waals surface area contributed by atoms with Crippen molar-refractivity contribution in [1.29, 1.82) is 0 Å². The largest absolute Gasteiger partial charge is 0.332 e. The Kier molecular flexibility index (Phi) is 4.47. The van der Waals surface area contributed by atoms with Crippen molar-refractivity contribution in [3.63, 3.8) is 0 Å². The topological polar surface area (TPSA) is 86.0 Å². The molecule has 1 amide bonds. The number of benzene rings is 1. The third-order valence-electron chi connectivity index (χ3n) is 4.60. The zero-order chi connectivity index (χ0) is 19.9. The summed E-state index contributed by atoms with van der Waals surface area (Å²) in [6.45, 7) is 6.31. The van der Waals surface area contributed by atoms with Crippen LogP contribution in [0.1, 0.15) is 36.7 Å². The third kappa shape index (κ3) is 3.28. The lowest BCUT2D eigenvalue weighted by molar-refractivity contribution is 0.102. The minimum Gasteiger partial charge on any atom is -0.321 e. The first-order valence-electron chi connectivity index (χ1n) is 8.58. The lowest BCUT2D eigenvalue weighted by Gasteiger charge is -2.19. The molecule has 0 spiro atoms. The van der Waals surface area contributed by atoms with E-state index in [1.54, 1.807) is 18.2 Å². The van der Waals surface area contributed by atoms with Crippen molar-refractivity contribution in [2.75, 3.05) is 5.32 Å². The van der Waals surface area contributed by atoms with Gasteiger partial charge in [0.15, 0.2) is 5.65 Å². The molecule has 27 heavy (non-hydrogen) atoms. The van der Waals surface area contributed by atoms with Crippen molar-refractivity contribution < 1.29 is 4.79 Å². The molecule has 7 nitrogen and oxygen atoms in total. The Balaban J connectivity index is 2.03. The van der Waals surface area contributed by atoms with Gasteiger partial charge in [0.25, 0.3) is 11.5 Å². The van der Waals surface area contributed by atoms with Gasteiger partial charge in [-0.3, -0.25) is 18.7 Å². The van der Waals surface area contributed by atoms with E-state index in [0.717, 1.165) is 10.1 Å². The molecule has 140 valence electrons. The number of amides is 1. The van der Waals surface area contributed by atoms with Gasteiger partial charge in [-0.15, -0.1) is 0 Å². The number of carbonyl (C=O) groups excluding carboxylic acids is 1. The maximum Gasteiger partial charge on any atom is 0.332 e. The summed E-state index contributed by atoms with van der Waals surface area (Å²) in [4.78, 5) is 41.4. The van der Waals surface area contributed by atoms with Crippen LogP contribution >= 0.6 is 0 Å². The highest BCUT2D eigenvalue weighted by molar-refractivity contribution is 6.08. The summed E-state index contributed by atoms with van der Waals surface area (Å²) in [5.41, 5.74) is 1.17. The smallest absolute Gasteiger partial charge is 0.321 e. The zero-order valence-corrected chi connectivity index (χ0v) is 16.0. The number of nitrogens with one attached hydrogen (secondary N) is 1. The van der Waals surface area contributed by atoms with E-state index in [4.69, 9.17) is 0 Å². The van der Waals surface area contributed by atoms with Crippen LogP contribution in [-0.2, 0) is 19.5 Å². The molecule has 3 aromatic rings. The molecule has 0 bridgehead atoms. The fourth-order valence-electron chi connectivity index (χ4n) is 2.91. The molecule has 0 saturated heterocycles. The Labute approximate surface area is 156 Å². The van der Waals surface area contributed by atoms with Crippen molar-refractivity contribution in [1.82, 2.24) is 14.1 Å². The second-order valence-electron chi connectivity index (χ2n) is 7.54. The lowest BCUT2D eigenvalue weighted by atomic mass is 9.87. The van der Waals surface area contributed by atoms with E-state index in [1.165, 1.54) is 24.9 Å². The number of anilines is 1. The Bertz CT molecular complexity index is 1150. The fraction of sp³-hybridized carbons (Fsp3) is 0.300. The number of hydrogen-bond donors (Lipinski definition) is 1. The normalized spacial score (nSPS) is 11.6. The van der Waals surface area contributed by atoms with E-state index < -0.39 is 11.2 Å². The van der Waals surface area contributed by atoms with Gasteiger partial charge in [0.05, 0.1) is 5.69 Å². The summed E-state index contributed by atoms with van der Waals surface area (Å²) in [7, 11) is 2.93. The molecule has 2 heterocycles. The van der Waals surface area contributed by atoms with Crippen molar-refractivity contribution in [3.8, 4) is 0 Å². The Morgan fingerprint density at radius 2 is 1.63 bits per heavy atom. The van der Waals surface area contributed by atoms with Gasteiger partial charge in [-0.1, -0.05) is 32.9 Å². The molecule has 3 rings (SSSR count). The van der Waals surface area contributed by atoms with Gasteiger partial charge in [-0.25, -0.2) is 9.78 Å². The SMILES string of the molecule is Cn1c(=O)c2c(NC(=O)c3ccc(C(C)(C)C)cc3)ccnc2n(C)c1=O. The summed E-state index contributed by atoms with van der Waals surface area (Å²) < 4.78 is 2.28. The van der Waals surface area contributed by atoms with Crippen LogP contribution in [0.4, 0.5) is 5.69 Å². The second kappa shape index (κ2) is 6.50. The summed E-state index contributed by atoms with van der Waals surface area (Å²) in [6.07, 6.45) is 1.46. The second-order valence-corrected chi connectivity index (χ2v) is 7.54. The quantitative estimate of drug-likeness (QED) is 0.753. The number of aryl methyl sites for hydroxylation is 1. The minimum atomic E-state index is -0.500. The molecular weight excluding hydrogens is 344 g/mol. The van der Waals surface area contributed by atoms with Crippen LogP contribution in [0.2, 0.25) is 0 Å². The number of fused-ring (bicyclic) bond motifs is 1. The number of rotatable bonds is 2. The summed E-state index contributed by atoms with van der Waals surface area (Å²) in [5.74, 6) is -0.334. The molecule has 0 saturated carbocycles. The Hall–Kier alpha value is -3.22. The zero-order valence-electron chi connectivity index (χ0n) is 16.0. The number of hydrogen-bond acceptors (Lipinski definition) is 4. The van der Waals surface area contributed by atoms with Crippen molar-refractivity contribution in [3.05, 3.63) is 68.5 Å². The molecule has 0 fully saturated rings. The maximum absolute atomic E-state index is 12.7. The molecule has 1 aromatic carbocycles. The van der Waals surface area contributed by atoms with Crippen LogP contribution in [0.3, 0.4) is 0 Å². The number of carbonyl (C=O) groups is 1. The number of nitrogens with zero attached hydrogens (tertiary/aromatic N) is 3. The summed E-state index contributed by atoms with van der Waals surface area (Å²) in [5, 5.41) is 2.96. The fourth-order valence-corrected chi connectivity index (χ4v) is 2.91. The van der Waals surface area contributed by atoms with Crippen LogP contribution in [-0.4, -0.2) is 20.0 Å². The number of pyridine rings is 1.